The molecular weight excluding hydrogens is 572 g/mol. The van der Waals surface area contributed by atoms with E-state index >= 15 is 0 Å². The van der Waals surface area contributed by atoms with E-state index in [0.29, 0.717) is 16.0 Å². The summed E-state index contributed by atoms with van der Waals surface area (Å²) in [4.78, 5) is 73.7. The van der Waals surface area contributed by atoms with Gasteiger partial charge in [-0.15, -0.1) is 11.3 Å². The number of nitrogens with one attached hydrogen (secondary N) is 2. The monoisotopic (exact) mass is 612 g/mol. The van der Waals surface area contributed by atoms with Crippen LogP contribution in [-0.2, 0) is 32.3 Å². The van der Waals surface area contributed by atoms with Crippen molar-refractivity contribution in [1.29, 1.82) is 0 Å². The Kier molecular flexibility index (Phi) is 10.3. The van der Waals surface area contributed by atoms with Gasteiger partial charge in [0.1, 0.15) is 0 Å². The van der Waals surface area contributed by atoms with Crippen molar-refractivity contribution in [3.05, 3.63) is 44.1 Å². The zero-order chi connectivity index (χ0) is 30.3. The highest BCUT2D eigenvalue weighted by Gasteiger charge is 2.35. The van der Waals surface area contributed by atoms with Gasteiger partial charge in [-0.05, 0) is 67.2 Å². The predicted octanol–water partition coefficient (Wildman–Crippen LogP) is 5.82. The number of rotatable bonds is 10. The van der Waals surface area contributed by atoms with Crippen LogP contribution < -0.4 is 20.4 Å². The first-order valence-electron chi connectivity index (χ1n) is 15.4. The second-order valence-corrected chi connectivity index (χ2v) is 12.8. The maximum absolute atomic E-state index is 14.3. The van der Waals surface area contributed by atoms with Crippen molar-refractivity contribution in [1.82, 2.24) is 10.6 Å². The van der Waals surface area contributed by atoms with E-state index in [0.717, 1.165) is 94.8 Å². The average Bonchev–Trinajstić information content (AvgIpc) is 3.46. The second-order valence-electron chi connectivity index (χ2n) is 11.7. The molecule has 11 heteroatoms. The first-order chi connectivity index (χ1) is 20.8. The molecule has 0 bridgehead atoms. The maximum atomic E-state index is 14.3. The van der Waals surface area contributed by atoms with Crippen LogP contribution in [0.2, 0.25) is 0 Å². The van der Waals surface area contributed by atoms with Crippen molar-refractivity contribution in [2.45, 2.75) is 103 Å². The molecule has 0 unspecified atom stereocenters. The number of carbonyl (C=O) groups excluding carboxylic acids is 4. The molecule has 5 rings (SSSR count). The van der Waals surface area contributed by atoms with E-state index in [-0.39, 0.29) is 41.6 Å². The lowest BCUT2D eigenvalue weighted by molar-refractivity contribution is -0.223. The highest BCUT2D eigenvalue weighted by atomic mass is 32.1. The fourth-order valence-electron chi connectivity index (χ4n) is 6.56. The molecule has 10 nitrogen and oxygen atoms in total. The third-order valence-corrected chi connectivity index (χ3v) is 9.75. The van der Waals surface area contributed by atoms with Gasteiger partial charge in [0, 0.05) is 42.9 Å². The van der Waals surface area contributed by atoms with Crippen LogP contribution in [0.25, 0.3) is 0 Å². The molecule has 232 valence electrons. The SMILES string of the molecule is CC(=O)OOc1cc(C2CCCCC2)c(C(=O)CNC(=O)c2cc3c(s2)CCNC3)c(C2CCCCC2)c1OOC(C)=O. The van der Waals surface area contributed by atoms with Gasteiger partial charge in [-0.3, -0.25) is 29.1 Å². The summed E-state index contributed by atoms with van der Waals surface area (Å²) >= 11 is 1.47. The lowest BCUT2D eigenvalue weighted by Crippen LogP contribution is -2.31. The van der Waals surface area contributed by atoms with Crippen molar-refractivity contribution in [3.63, 3.8) is 0 Å². The van der Waals surface area contributed by atoms with Crippen LogP contribution in [0.3, 0.4) is 0 Å². The van der Waals surface area contributed by atoms with Crippen LogP contribution in [-0.4, -0.2) is 36.7 Å². The first kappa shape index (κ1) is 31.0. The minimum absolute atomic E-state index is 0.0519. The van der Waals surface area contributed by atoms with Gasteiger partial charge in [0.15, 0.2) is 5.78 Å². The fourth-order valence-corrected chi connectivity index (χ4v) is 7.66. The van der Waals surface area contributed by atoms with E-state index in [2.05, 4.69) is 10.6 Å². The third-order valence-electron chi connectivity index (χ3n) is 8.52. The van der Waals surface area contributed by atoms with Gasteiger partial charge >= 0.3 is 11.9 Å². The molecule has 2 saturated carbocycles. The topological polar surface area (TPSA) is 129 Å². The summed E-state index contributed by atoms with van der Waals surface area (Å²) in [5.74, 6) is -1.74. The standard InChI is InChI=1S/C32H40N2O8S/c1-19(35)39-41-26-16-24(21-9-5-3-6-10-21)30(29(22-11-7-4-8-12-22)31(26)42-40-20(2)36)25(37)18-34-32(38)28-15-23-17-33-14-13-27(23)43-28/h15-16,21-22,33H,3-14,17-18H2,1-2H3,(H,34,38). The van der Waals surface area contributed by atoms with Crippen molar-refractivity contribution in [2.75, 3.05) is 13.1 Å². The van der Waals surface area contributed by atoms with E-state index in [1.807, 2.05) is 6.07 Å². The largest absolute Gasteiger partial charge is 0.352 e. The van der Waals surface area contributed by atoms with Crippen LogP contribution in [0.1, 0.15) is 131 Å². The molecule has 0 spiro atoms. The summed E-state index contributed by atoms with van der Waals surface area (Å²) in [6, 6.07) is 3.58. The fraction of sp³-hybridized carbons (Fsp3) is 0.562. The Bertz CT molecular complexity index is 1330. The number of amides is 1. The van der Waals surface area contributed by atoms with Crippen LogP contribution in [0.5, 0.6) is 11.5 Å². The number of ketones is 1. The highest BCUT2D eigenvalue weighted by molar-refractivity contribution is 7.14. The number of benzene rings is 1. The highest BCUT2D eigenvalue weighted by Crippen LogP contribution is 2.49. The van der Waals surface area contributed by atoms with Crippen LogP contribution in [0, 0.1) is 0 Å². The van der Waals surface area contributed by atoms with Gasteiger partial charge in [-0.2, -0.15) is 0 Å². The van der Waals surface area contributed by atoms with Crippen molar-refractivity contribution in [2.24, 2.45) is 0 Å². The first-order valence-corrected chi connectivity index (χ1v) is 16.2. The quantitative estimate of drug-likeness (QED) is 0.194. The summed E-state index contributed by atoms with van der Waals surface area (Å²) in [7, 11) is 0. The summed E-state index contributed by atoms with van der Waals surface area (Å²) in [6.07, 6.45) is 10.5. The number of hydrogen-bond donors (Lipinski definition) is 2. The number of hydrogen-bond acceptors (Lipinski definition) is 10. The van der Waals surface area contributed by atoms with Gasteiger partial charge in [0.2, 0.25) is 11.5 Å². The molecule has 2 aliphatic carbocycles. The Morgan fingerprint density at radius 2 is 1.53 bits per heavy atom. The Balaban J connectivity index is 1.55. The van der Waals surface area contributed by atoms with Crippen LogP contribution in [0.15, 0.2) is 12.1 Å². The van der Waals surface area contributed by atoms with E-state index in [4.69, 9.17) is 19.6 Å². The number of thiophene rings is 1. The number of carbonyl (C=O) groups is 4. The van der Waals surface area contributed by atoms with E-state index in [1.165, 1.54) is 30.1 Å². The lowest BCUT2D eigenvalue weighted by atomic mass is 9.75. The average molecular weight is 613 g/mol. The van der Waals surface area contributed by atoms with Gasteiger partial charge in [-0.25, -0.2) is 9.59 Å². The normalized spacial score (nSPS) is 17.4. The molecule has 0 saturated heterocycles. The van der Waals surface area contributed by atoms with Crippen LogP contribution >= 0.6 is 11.3 Å². The summed E-state index contributed by atoms with van der Waals surface area (Å²) in [5.41, 5.74) is 2.98. The minimum Gasteiger partial charge on any atom is -0.344 e. The second kappa shape index (κ2) is 14.4. The summed E-state index contributed by atoms with van der Waals surface area (Å²) in [5, 5.41) is 6.19. The molecule has 2 N–H and O–H groups in total. The molecule has 1 aliphatic heterocycles. The molecular formula is C32H40N2O8S. The molecule has 3 aliphatic rings. The van der Waals surface area contributed by atoms with Gasteiger partial charge in [0.05, 0.1) is 11.4 Å². The van der Waals surface area contributed by atoms with E-state index < -0.39 is 11.9 Å². The minimum atomic E-state index is -0.682. The summed E-state index contributed by atoms with van der Waals surface area (Å²) < 4.78 is 0. The molecule has 1 aromatic carbocycles. The van der Waals surface area contributed by atoms with Crippen LogP contribution in [0.4, 0.5) is 0 Å². The number of Topliss-reactive ketones (excluding diaryl/α,β-unsaturated/α-hetero) is 1. The number of fused-ring (bicyclic) bond motifs is 1. The molecule has 1 aromatic heterocycles. The molecule has 2 fully saturated rings. The van der Waals surface area contributed by atoms with Gasteiger partial charge < -0.3 is 10.6 Å². The lowest BCUT2D eigenvalue weighted by Gasteiger charge is -2.31. The Morgan fingerprint density at radius 3 is 2.19 bits per heavy atom. The molecule has 2 aromatic rings. The Hall–Kier alpha value is -3.44. The predicted molar refractivity (Wildman–Crippen MR) is 159 cm³/mol. The zero-order valence-electron chi connectivity index (χ0n) is 24.9. The molecule has 0 atom stereocenters. The van der Waals surface area contributed by atoms with E-state index in [1.54, 1.807) is 6.07 Å². The molecule has 1 amide bonds. The smallest absolute Gasteiger partial charge is 0.344 e. The van der Waals surface area contributed by atoms with Gasteiger partial charge in [-0.1, -0.05) is 38.5 Å². The van der Waals surface area contributed by atoms with Crippen molar-refractivity contribution in [3.8, 4) is 11.5 Å². The molecule has 43 heavy (non-hydrogen) atoms. The van der Waals surface area contributed by atoms with Crippen molar-refractivity contribution >= 4 is 35.0 Å². The zero-order valence-corrected chi connectivity index (χ0v) is 25.7. The Morgan fingerprint density at radius 1 is 0.884 bits per heavy atom. The third kappa shape index (κ3) is 7.56. The van der Waals surface area contributed by atoms with Crippen molar-refractivity contribution < 1.29 is 38.7 Å². The van der Waals surface area contributed by atoms with E-state index in [9.17, 15) is 19.2 Å². The Labute approximate surface area is 255 Å². The molecule has 2 heterocycles. The molecule has 0 radical (unpaired) electrons. The summed E-state index contributed by atoms with van der Waals surface area (Å²) in [6.45, 7) is 3.85. The van der Waals surface area contributed by atoms with Gasteiger partial charge in [0.25, 0.3) is 5.91 Å². The maximum Gasteiger partial charge on any atom is 0.352 e.